The number of carbonyl (C=O) groups excluding carboxylic acids is 1. The molecule has 1 amide bonds. The fourth-order valence-corrected chi connectivity index (χ4v) is 2.16. The van der Waals surface area contributed by atoms with Gasteiger partial charge in [0.05, 0.1) is 18.4 Å². The third kappa shape index (κ3) is 5.17. The quantitative estimate of drug-likeness (QED) is 0.584. The van der Waals surface area contributed by atoms with Crippen molar-refractivity contribution >= 4 is 21.4 Å². The lowest BCUT2D eigenvalue weighted by atomic mass is 10.1. The summed E-state index contributed by atoms with van der Waals surface area (Å²) in [5.41, 5.74) is 6.37. The Labute approximate surface area is 112 Å². The number of amides is 1. The first-order chi connectivity index (χ1) is 8.83. The molecule has 0 aliphatic rings. The van der Waals surface area contributed by atoms with Crippen molar-refractivity contribution in [2.24, 2.45) is 0 Å². The zero-order valence-corrected chi connectivity index (χ0v) is 11.8. The molecule has 0 aliphatic carbocycles. The summed E-state index contributed by atoms with van der Waals surface area (Å²) in [6.45, 7) is 0.280. The second kappa shape index (κ2) is 6.42. The Morgan fingerprint density at radius 2 is 2.11 bits per heavy atom. The van der Waals surface area contributed by atoms with Crippen LogP contribution in [0.25, 0.3) is 0 Å². The Bertz CT molecular complexity index is 555. The van der Waals surface area contributed by atoms with Gasteiger partial charge in [-0.2, -0.15) is 0 Å². The Morgan fingerprint density at radius 3 is 2.68 bits per heavy atom. The summed E-state index contributed by atoms with van der Waals surface area (Å²) in [4.78, 5) is 11.9. The third-order valence-electron chi connectivity index (χ3n) is 2.48. The van der Waals surface area contributed by atoms with Crippen molar-refractivity contribution in [2.75, 3.05) is 31.4 Å². The number of nitrogens with two attached hydrogens (primary N) is 1. The van der Waals surface area contributed by atoms with Gasteiger partial charge in [0.2, 0.25) is 0 Å². The van der Waals surface area contributed by atoms with Gasteiger partial charge in [0.15, 0.2) is 0 Å². The normalized spacial score (nSPS) is 11.1. The Kier molecular flexibility index (Phi) is 5.17. The van der Waals surface area contributed by atoms with E-state index in [0.29, 0.717) is 23.4 Å². The number of rotatable bonds is 6. The SMILES string of the molecule is COc1ccc(N)c(C(=O)NCCCS(C)(=O)=O)c1. The minimum Gasteiger partial charge on any atom is -0.497 e. The van der Waals surface area contributed by atoms with Crippen LogP contribution in [0.3, 0.4) is 0 Å². The van der Waals surface area contributed by atoms with Gasteiger partial charge in [0.25, 0.3) is 5.91 Å². The number of methoxy groups -OCH3 is 1. The molecule has 0 aliphatic heterocycles. The topological polar surface area (TPSA) is 98.5 Å². The van der Waals surface area contributed by atoms with Crippen molar-refractivity contribution in [1.82, 2.24) is 5.32 Å². The van der Waals surface area contributed by atoms with Gasteiger partial charge in [-0.25, -0.2) is 8.42 Å². The van der Waals surface area contributed by atoms with Crippen molar-refractivity contribution in [1.29, 1.82) is 0 Å². The minimum absolute atomic E-state index is 0.0425. The van der Waals surface area contributed by atoms with Crippen LogP contribution >= 0.6 is 0 Å². The average Bonchev–Trinajstić information content (AvgIpc) is 2.34. The molecule has 0 atom stereocenters. The molecule has 1 aromatic rings. The molecule has 0 radical (unpaired) electrons. The summed E-state index contributed by atoms with van der Waals surface area (Å²) in [5.74, 6) is 0.237. The molecule has 1 aromatic carbocycles. The van der Waals surface area contributed by atoms with Gasteiger partial charge in [-0.3, -0.25) is 4.79 Å². The van der Waals surface area contributed by atoms with E-state index in [1.165, 1.54) is 7.11 Å². The van der Waals surface area contributed by atoms with E-state index < -0.39 is 9.84 Å². The lowest BCUT2D eigenvalue weighted by Crippen LogP contribution is -2.26. The van der Waals surface area contributed by atoms with Crippen LogP contribution in [0, 0.1) is 0 Å². The number of carbonyl (C=O) groups is 1. The molecule has 0 heterocycles. The molecule has 1 rings (SSSR count). The van der Waals surface area contributed by atoms with Crippen LogP contribution in [0.1, 0.15) is 16.8 Å². The monoisotopic (exact) mass is 286 g/mol. The van der Waals surface area contributed by atoms with Crippen LogP contribution in [-0.2, 0) is 9.84 Å². The molecule has 0 aromatic heterocycles. The van der Waals surface area contributed by atoms with Crippen LogP contribution in [0.4, 0.5) is 5.69 Å². The Morgan fingerprint density at radius 1 is 1.42 bits per heavy atom. The number of hydrogen-bond donors (Lipinski definition) is 2. The first-order valence-electron chi connectivity index (χ1n) is 5.73. The van der Waals surface area contributed by atoms with Gasteiger partial charge in [0, 0.05) is 18.5 Å². The van der Waals surface area contributed by atoms with E-state index in [-0.39, 0.29) is 18.2 Å². The van der Waals surface area contributed by atoms with Gasteiger partial charge in [-0.15, -0.1) is 0 Å². The molecule has 0 saturated carbocycles. The van der Waals surface area contributed by atoms with Crippen molar-refractivity contribution < 1.29 is 17.9 Å². The number of benzene rings is 1. The summed E-state index contributed by atoms with van der Waals surface area (Å²) in [5, 5.41) is 2.62. The van der Waals surface area contributed by atoms with Crippen LogP contribution in [0.15, 0.2) is 18.2 Å². The number of nitrogen functional groups attached to an aromatic ring is 1. The number of nitrogens with one attached hydrogen (secondary N) is 1. The smallest absolute Gasteiger partial charge is 0.253 e. The summed E-state index contributed by atoms with van der Waals surface area (Å²) in [7, 11) is -1.50. The van der Waals surface area contributed by atoms with Gasteiger partial charge in [-0.05, 0) is 24.6 Å². The fraction of sp³-hybridized carbons (Fsp3) is 0.417. The van der Waals surface area contributed by atoms with Gasteiger partial charge >= 0.3 is 0 Å². The van der Waals surface area contributed by atoms with Crippen LogP contribution in [0.5, 0.6) is 5.75 Å². The number of ether oxygens (including phenoxy) is 1. The predicted octanol–water partition coefficient (Wildman–Crippen LogP) is 0.442. The van der Waals surface area contributed by atoms with Crippen molar-refractivity contribution in [3.63, 3.8) is 0 Å². The highest BCUT2D eigenvalue weighted by molar-refractivity contribution is 7.90. The van der Waals surface area contributed by atoms with Crippen LogP contribution in [0.2, 0.25) is 0 Å². The van der Waals surface area contributed by atoms with E-state index in [2.05, 4.69) is 5.32 Å². The second-order valence-electron chi connectivity index (χ2n) is 4.19. The molecular weight excluding hydrogens is 268 g/mol. The predicted molar refractivity (Wildman–Crippen MR) is 74.1 cm³/mol. The first kappa shape index (κ1) is 15.3. The molecular formula is C12H18N2O4S. The van der Waals surface area contributed by atoms with Gasteiger partial charge < -0.3 is 15.8 Å². The Balaban J connectivity index is 2.58. The molecule has 0 saturated heterocycles. The number of anilines is 1. The first-order valence-corrected chi connectivity index (χ1v) is 7.79. The van der Waals surface area contributed by atoms with E-state index in [1.807, 2.05) is 0 Å². The van der Waals surface area contributed by atoms with Crippen LogP contribution < -0.4 is 15.8 Å². The van der Waals surface area contributed by atoms with Gasteiger partial charge in [0.1, 0.15) is 15.6 Å². The van der Waals surface area contributed by atoms with E-state index in [9.17, 15) is 13.2 Å². The molecule has 7 heteroatoms. The summed E-state index contributed by atoms with van der Waals surface area (Å²) in [6.07, 6.45) is 1.53. The Hall–Kier alpha value is -1.76. The lowest BCUT2D eigenvalue weighted by molar-refractivity contribution is 0.0954. The van der Waals surface area contributed by atoms with Crippen molar-refractivity contribution in [3.05, 3.63) is 23.8 Å². The molecule has 0 unspecified atom stereocenters. The summed E-state index contributed by atoms with van der Waals surface area (Å²) >= 11 is 0. The average molecular weight is 286 g/mol. The second-order valence-corrected chi connectivity index (χ2v) is 6.45. The van der Waals surface area contributed by atoms with E-state index >= 15 is 0 Å². The summed E-state index contributed by atoms with van der Waals surface area (Å²) < 4.78 is 26.9. The maximum Gasteiger partial charge on any atom is 0.253 e. The van der Waals surface area contributed by atoms with E-state index in [4.69, 9.17) is 10.5 Å². The maximum atomic E-state index is 11.9. The standard InChI is InChI=1S/C12H18N2O4S/c1-18-9-4-5-11(13)10(8-9)12(15)14-6-3-7-19(2,16)17/h4-5,8H,3,6-7,13H2,1-2H3,(H,14,15). The number of hydrogen-bond acceptors (Lipinski definition) is 5. The van der Waals surface area contributed by atoms with E-state index in [0.717, 1.165) is 6.26 Å². The molecule has 0 bridgehead atoms. The summed E-state index contributed by atoms with van der Waals surface area (Å²) in [6, 6.07) is 4.79. The maximum absolute atomic E-state index is 11.9. The zero-order chi connectivity index (χ0) is 14.5. The van der Waals surface area contributed by atoms with E-state index in [1.54, 1.807) is 18.2 Å². The highest BCUT2D eigenvalue weighted by Crippen LogP contribution is 2.19. The van der Waals surface area contributed by atoms with Crippen molar-refractivity contribution in [3.8, 4) is 5.75 Å². The zero-order valence-electron chi connectivity index (χ0n) is 11.0. The highest BCUT2D eigenvalue weighted by Gasteiger charge is 2.11. The molecule has 0 spiro atoms. The molecule has 6 nitrogen and oxygen atoms in total. The molecule has 0 fully saturated rings. The third-order valence-corrected chi connectivity index (χ3v) is 3.51. The molecule has 3 N–H and O–H groups in total. The molecule has 19 heavy (non-hydrogen) atoms. The molecule has 106 valence electrons. The highest BCUT2D eigenvalue weighted by atomic mass is 32.2. The van der Waals surface area contributed by atoms with Gasteiger partial charge in [-0.1, -0.05) is 0 Å². The van der Waals surface area contributed by atoms with Crippen LogP contribution in [-0.4, -0.2) is 40.0 Å². The van der Waals surface area contributed by atoms with Crippen molar-refractivity contribution in [2.45, 2.75) is 6.42 Å². The lowest BCUT2D eigenvalue weighted by Gasteiger charge is -2.09. The number of sulfone groups is 1. The minimum atomic E-state index is -3.00. The largest absolute Gasteiger partial charge is 0.497 e. The fourth-order valence-electron chi connectivity index (χ4n) is 1.49.